The lowest BCUT2D eigenvalue weighted by atomic mass is 10.3. The van der Waals surface area contributed by atoms with Gasteiger partial charge in [0.25, 0.3) is 0 Å². The predicted octanol–water partition coefficient (Wildman–Crippen LogP) is 2.45. The zero-order chi connectivity index (χ0) is 6.12. The standard InChI is InChI=1S/C5H12.C2H2/c1-3-5-4-2;1-2/h3-5H2,1-2H3;1-2H. The Kier molecular flexibility index (Phi) is 24.6. The summed E-state index contributed by atoms with van der Waals surface area (Å²) in [6.45, 7) is 4.42. The van der Waals surface area contributed by atoms with Gasteiger partial charge in [0.1, 0.15) is 0 Å². The molecule has 0 aromatic carbocycles. The fourth-order valence-corrected chi connectivity index (χ4v) is 0.354. The van der Waals surface area contributed by atoms with Crippen molar-refractivity contribution in [1.29, 1.82) is 0 Å². The van der Waals surface area contributed by atoms with Crippen molar-refractivity contribution in [1.82, 2.24) is 0 Å². The molecule has 0 N–H and O–H groups in total. The van der Waals surface area contributed by atoms with Gasteiger partial charge in [0.2, 0.25) is 0 Å². The van der Waals surface area contributed by atoms with E-state index in [-0.39, 0.29) is 0 Å². The van der Waals surface area contributed by atoms with Gasteiger partial charge in [-0.15, -0.1) is 12.8 Å². The number of rotatable bonds is 2. The highest BCUT2D eigenvalue weighted by Crippen LogP contribution is 1.88. The summed E-state index contributed by atoms with van der Waals surface area (Å²) >= 11 is 0. The van der Waals surface area contributed by atoms with Gasteiger partial charge in [0.05, 0.1) is 0 Å². The largest absolute Gasteiger partial charge is 0.124 e. The average molecular weight is 98.2 g/mol. The normalized spacial score (nSPS) is 6.29. The molecule has 0 heteroatoms. The SMILES string of the molecule is C#C.CCCCC. The van der Waals surface area contributed by atoms with Gasteiger partial charge >= 0.3 is 0 Å². The molecule has 0 saturated carbocycles. The van der Waals surface area contributed by atoms with Crippen LogP contribution in [-0.2, 0) is 0 Å². The van der Waals surface area contributed by atoms with Gasteiger partial charge in [-0.3, -0.25) is 0 Å². The maximum Gasteiger partial charge on any atom is -0.0538 e. The Morgan fingerprint density at radius 1 is 1.00 bits per heavy atom. The molecule has 0 rings (SSSR count). The Hall–Kier alpha value is -0.440. The van der Waals surface area contributed by atoms with Crippen molar-refractivity contribution in [2.75, 3.05) is 0 Å². The predicted molar refractivity (Wildman–Crippen MR) is 35.1 cm³/mol. The van der Waals surface area contributed by atoms with Gasteiger partial charge in [0.15, 0.2) is 0 Å². The van der Waals surface area contributed by atoms with E-state index < -0.39 is 0 Å². The minimum Gasteiger partial charge on any atom is -0.124 e. The van der Waals surface area contributed by atoms with Crippen LogP contribution < -0.4 is 0 Å². The molecule has 0 unspecified atom stereocenters. The summed E-state index contributed by atoms with van der Waals surface area (Å²) in [4.78, 5) is 0. The number of terminal acetylenes is 1. The van der Waals surface area contributed by atoms with E-state index in [1.54, 1.807) is 0 Å². The van der Waals surface area contributed by atoms with Crippen LogP contribution in [0.25, 0.3) is 0 Å². The molecule has 0 aromatic heterocycles. The first kappa shape index (κ1) is 9.75. The van der Waals surface area contributed by atoms with Crippen LogP contribution in [0, 0.1) is 12.8 Å². The molecular weight excluding hydrogens is 84.1 g/mol. The summed E-state index contributed by atoms with van der Waals surface area (Å²) < 4.78 is 0. The second-order valence-corrected chi connectivity index (χ2v) is 1.35. The van der Waals surface area contributed by atoms with Gasteiger partial charge in [-0.05, 0) is 0 Å². The topological polar surface area (TPSA) is 0 Å². The molecule has 0 spiro atoms. The third kappa shape index (κ3) is 29.0. The van der Waals surface area contributed by atoms with Crippen molar-refractivity contribution < 1.29 is 0 Å². The molecule has 0 saturated heterocycles. The van der Waals surface area contributed by atoms with Crippen LogP contribution in [0.5, 0.6) is 0 Å². The highest BCUT2D eigenvalue weighted by atomic mass is 13.7. The van der Waals surface area contributed by atoms with Gasteiger partial charge in [0, 0.05) is 0 Å². The van der Waals surface area contributed by atoms with Crippen LogP contribution in [0.15, 0.2) is 0 Å². The molecule has 0 aromatic rings. The first-order valence-corrected chi connectivity index (χ1v) is 2.75. The van der Waals surface area contributed by atoms with E-state index in [9.17, 15) is 0 Å². The van der Waals surface area contributed by atoms with E-state index in [2.05, 4.69) is 26.7 Å². The highest BCUT2D eigenvalue weighted by Gasteiger charge is 1.68. The summed E-state index contributed by atoms with van der Waals surface area (Å²) in [5.74, 6) is 0. The Bertz CT molecular complexity index is 24.3. The molecule has 0 heterocycles. The van der Waals surface area contributed by atoms with Crippen molar-refractivity contribution in [3.8, 4) is 12.8 Å². The Morgan fingerprint density at radius 3 is 1.29 bits per heavy atom. The highest BCUT2D eigenvalue weighted by molar-refractivity contribution is 4.47. The Balaban J connectivity index is 0. The van der Waals surface area contributed by atoms with Crippen LogP contribution in [0.4, 0.5) is 0 Å². The third-order valence-electron chi connectivity index (χ3n) is 0.707. The quantitative estimate of drug-likeness (QED) is 0.465. The number of hydrogen-bond donors (Lipinski definition) is 0. The van der Waals surface area contributed by atoms with E-state index in [0.29, 0.717) is 0 Å². The minimum atomic E-state index is 1.34. The molecule has 7 heavy (non-hydrogen) atoms. The second-order valence-electron chi connectivity index (χ2n) is 1.35. The molecule has 0 aliphatic rings. The number of unbranched alkanes of at least 4 members (excludes halogenated alkanes) is 2. The molecule has 0 nitrogen and oxygen atoms in total. The Labute approximate surface area is 46.9 Å². The third-order valence-corrected chi connectivity index (χ3v) is 0.707. The summed E-state index contributed by atoms with van der Waals surface area (Å²) in [5.41, 5.74) is 0. The van der Waals surface area contributed by atoms with Crippen molar-refractivity contribution in [2.24, 2.45) is 0 Å². The lowest BCUT2D eigenvalue weighted by Gasteiger charge is -1.79. The molecule has 0 aliphatic carbocycles. The molecule has 0 amide bonds. The maximum atomic E-state index is 4.00. The van der Waals surface area contributed by atoms with E-state index in [4.69, 9.17) is 0 Å². The monoisotopic (exact) mass is 98.1 g/mol. The molecular formula is C7H14. The molecule has 0 radical (unpaired) electrons. The van der Waals surface area contributed by atoms with E-state index >= 15 is 0 Å². The lowest BCUT2D eigenvalue weighted by Crippen LogP contribution is -1.59. The zero-order valence-corrected chi connectivity index (χ0v) is 5.28. The zero-order valence-electron chi connectivity index (χ0n) is 5.28. The lowest BCUT2D eigenvalue weighted by molar-refractivity contribution is 0.772. The summed E-state index contributed by atoms with van der Waals surface area (Å²) in [5, 5.41) is 0. The van der Waals surface area contributed by atoms with E-state index in [1.807, 2.05) is 0 Å². The maximum absolute atomic E-state index is 4.00. The molecule has 0 atom stereocenters. The van der Waals surface area contributed by atoms with Gasteiger partial charge in [-0.25, -0.2) is 0 Å². The van der Waals surface area contributed by atoms with Gasteiger partial charge in [-0.2, -0.15) is 0 Å². The van der Waals surface area contributed by atoms with Crippen LogP contribution in [0.2, 0.25) is 0 Å². The minimum absolute atomic E-state index is 1.34. The summed E-state index contributed by atoms with van der Waals surface area (Å²) in [6, 6.07) is 0. The molecule has 0 aliphatic heterocycles. The smallest absolute Gasteiger partial charge is 0.0538 e. The van der Waals surface area contributed by atoms with Crippen LogP contribution in [0.3, 0.4) is 0 Å². The fraction of sp³-hybridized carbons (Fsp3) is 0.714. The van der Waals surface area contributed by atoms with Crippen LogP contribution in [0.1, 0.15) is 33.1 Å². The van der Waals surface area contributed by atoms with Crippen molar-refractivity contribution in [2.45, 2.75) is 33.1 Å². The first-order valence-electron chi connectivity index (χ1n) is 2.75. The van der Waals surface area contributed by atoms with E-state index in [0.717, 1.165) is 0 Å². The van der Waals surface area contributed by atoms with Gasteiger partial charge in [-0.1, -0.05) is 33.1 Å². The molecule has 42 valence electrons. The Morgan fingerprint density at radius 2 is 1.29 bits per heavy atom. The summed E-state index contributed by atoms with van der Waals surface area (Å²) in [6.07, 6.45) is 12.1. The van der Waals surface area contributed by atoms with Crippen LogP contribution >= 0.6 is 0 Å². The van der Waals surface area contributed by atoms with Gasteiger partial charge < -0.3 is 0 Å². The average Bonchev–Trinajstić information content (AvgIpc) is 1.75. The number of hydrogen-bond acceptors (Lipinski definition) is 0. The second kappa shape index (κ2) is 17.6. The van der Waals surface area contributed by atoms with Crippen molar-refractivity contribution in [3.63, 3.8) is 0 Å². The molecule has 0 bridgehead atoms. The van der Waals surface area contributed by atoms with Crippen molar-refractivity contribution in [3.05, 3.63) is 0 Å². The fourth-order valence-electron chi connectivity index (χ4n) is 0.354. The first-order chi connectivity index (χ1) is 3.41. The molecule has 0 fully saturated rings. The van der Waals surface area contributed by atoms with Crippen LogP contribution in [-0.4, -0.2) is 0 Å². The van der Waals surface area contributed by atoms with E-state index in [1.165, 1.54) is 19.3 Å². The summed E-state index contributed by atoms with van der Waals surface area (Å²) in [7, 11) is 0. The van der Waals surface area contributed by atoms with Crippen molar-refractivity contribution >= 4 is 0 Å².